The number of benzene rings is 2. The van der Waals surface area contributed by atoms with E-state index in [1.807, 2.05) is 48.6 Å². The number of ketones is 1. The lowest BCUT2D eigenvalue weighted by Crippen LogP contribution is -2.41. The van der Waals surface area contributed by atoms with Crippen molar-refractivity contribution in [3.63, 3.8) is 0 Å². The van der Waals surface area contributed by atoms with Crippen LogP contribution in [0.15, 0.2) is 104 Å². The summed E-state index contributed by atoms with van der Waals surface area (Å²) in [7, 11) is 3.37. The summed E-state index contributed by atoms with van der Waals surface area (Å²) < 4.78 is 27.9. The quantitative estimate of drug-likeness (QED) is 0.245. The van der Waals surface area contributed by atoms with Gasteiger partial charge in [-0.05, 0) is 73.2 Å². The van der Waals surface area contributed by atoms with Crippen molar-refractivity contribution in [2.45, 2.75) is 87.6 Å². The van der Waals surface area contributed by atoms with Gasteiger partial charge in [0.15, 0.2) is 17.0 Å². The van der Waals surface area contributed by atoms with Crippen LogP contribution in [-0.4, -0.2) is 32.2 Å². The zero-order valence-corrected chi connectivity index (χ0v) is 28.6. The van der Waals surface area contributed by atoms with Crippen molar-refractivity contribution >= 4 is 37.6 Å². The molecule has 6 rings (SSSR count). The minimum Gasteiger partial charge on any atom is -0.498 e. The maximum absolute atomic E-state index is 14.6. The monoisotopic (exact) mass is 722 g/mol. The van der Waals surface area contributed by atoms with Gasteiger partial charge in [-0.25, -0.2) is 0 Å². The number of carbonyl (C=O) groups excluding carboxylic acids is 1. The van der Waals surface area contributed by atoms with Gasteiger partial charge in [0.25, 0.3) is 0 Å². The Hall–Kier alpha value is -2.45. The Kier molecular flexibility index (Phi) is 9.67. The molecule has 0 saturated heterocycles. The van der Waals surface area contributed by atoms with Crippen molar-refractivity contribution in [1.82, 2.24) is 0 Å². The fraction of sp³-hybridized carbons (Fsp3) is 0.432. The first kappa shape index (κ1) is 31.5. The molecule has 0 aromatic heterocycles. The first-order valence-corrected chi connectivity index (χ1v) is 17.3. The van der Waals surface area contributed by atoms with Gasteiger partial charge >= 0.3 is 0 Å². The summed E-state index contributed by atoms with van der Waals surface area (Å²) in [5.41, 5.74) is 1.56. The molecular weight excluding hydrogens is 684 g/mol. The maximum atomic E-state index is 14.6. The van der Waals surface area contributed by atoms with Gasteiger partial charge < -0.3 is 18.9 Å². The van der Waals surface area contributed by atoms with Gasteiger partial charge in [0, 0.05) is 32.9 Å². The minimum absolute atomic E-state index is 0.00387. The number of allylic oxidation sites excluding steroid dienone is 4. The van der Waals surface area contributed by atoms with E-state index in [1.54, 1.807) is 14.2 Å². The molecule has 7 heteroatoms. The molecule has 232 valence electrons. The highest BCUT2D eigenvalue weighted by molar-refractivity contribution is 9.10. The molecule has 0 spiro atoms. The van der Waals surface area contributed by atoms with Crippen LogP contribution in [0.25, 0.3) is 0 Å². The van der Waals surface area contributed by atoms with E-state index in [0.717, 1.165) is 83.0 Å². The Morgan fingerprint density at radius 3 is 1.32 bits per heavy atom. The third kappa shape index (κ3) is 6.18. The zero-order chi connectivity index (χ0) is 30.7. The summed E-state index contributed by atoms with van der Waals surface area (Å²) in [4.78, 5) is 14.6. The molecule has 0 bridgehead atoms. The van der Waals surface area contributed by atoms with E-state index in [4.69, 9.17) is 18.9 Å². The highest BCUT2D eigenvalue weighted by Crippen LogP contribution is 2.49. The molecule has 0 radical (unpaired) electrons. The van der Waals surface area contributed by atoms with Crippen LogP contribution in [0.1, 0.15) is 75.3 Å². The van der Waals surface area contributed by atoms with Crippen LogP contribution in [0.5, 0.6) is 0 Å². The summed E-state index contributed by atoms with van der Waals surface area (Å²) >= 11 is 7.16. The molecule has 2 atom stereocenters. The summed E-state index contributed by atoms with van der Waals surface area (Å²) in [6.45, 7) is 0. The highest BCUT2D eigenvalue weighted by Gasteiger charge is 2.48. The molecule has 4 aliphatic rings. The second-order valence-corrected chi connectivity index (χ2v) is 14.1. The summed E-state index contributed by atoms with van der Waals surface area (Å²) in [6, 6.07) is 16.4. The Morgan fingerprint density at radius 1 is 0.614 bits per heavy atom. The van der Waals surface area contributed by atoms with Gasteiger partial charge in [0.2, 0.25) is 0 Å². The van der Waals surface area contributed by atoms with E-state index in [0.29, 0.717) is 24.0 Å². The molecule has 2 fully saturated rings. The fourth-order valence-electron chi connectivity index (χ4n) is 7.28. The molecule has 0 N–H and O–H groups in total. The van der Waals surface area contributed by atoms with Crippen molar-refractivity contribution in [2.24, 2.45) is 0 Å². The second-order valence-electron chi connectivity index (χ2n) is 12.3. The van der Waals surface area contributed by atoms with Crippen LogP contribution >= 0.6 is 31.9 Å². The molecular formula is C37H40Br2O5. The number of ether oxygens (including phenoxy) is 4. The molecule has 2 unspecified atom stereocenters. The van der Waals surface area contributed by atoms with E-state index in [2.05, 4.69) is 56.1 Å². The van der Waals surface area contributed by atoms with Gasteiger partial charge in [-0.3, -0.25) is 4.79 Å². The van der Waals surface area contributed by atoms with Crippen LogP contribution in [0, 0.1) is 0 Å². The molecule has 0 heterocycles. The largest absolute Gasteiger partial charge is 0.498 e. The van der Waals surface area contributed by atoms with Crippen molar-refractivity contribution in [2.75, 3.05) is 14.2 Å². The van der Waals surface area contributed by atoms with Crippen LogP contribution < -0.4 is 0 Å². The predicted octanol–water partition coefficient (Wildman–Crippen LogP) is 9.51. The molecule has 0 amide bonds. The predicted molar refractivity (Wildman–Crippen MR) is 179 cm³/mol. The normalized spacial score (nSPS) is 26.1. The molecule has 2 aromatic rings. The molecule has 5 nitrogen and oxygen atoms in total. The van der Waals surface area contributed by atoms with Crippen molar-refractivity contribution in [3.8, 4) is 0 Å². The first-order valence-electron chi connectivity index (χ1n) is 15.7. The molecule has 0 aliphatic heterocycles. The average Bonchev–Trinajstić information content (AvgIpc) is 3.76. The number of carbonyl (C=O) groups is 1. The zero-order valence-electron chi connectivity index (χ0n) is 25.5. The fourth-order valence-corrected chi connectivity index (χ4v) is 7.81. The summed E-state index contributed by atoms with van der Waals surface area (Å²) in [6.07, 6.45) is 17.3. The number of methoxy groups -OCH3 is 2. The van der Waals surface area contributed by atoms with Crippen molar-refractivity contribution in [3.05, 3.63) is 116 Å². The van der Waals surface area contributed by atoms with Gasteiger partial charge in [0.1, 0.15) is 11.5 Å². The van der Waals surface area contributed by atoms with Crippen molar-refractivity contribution in [1.29, 1.82) is 0 Å². The third-order valence-corrected chi connectivity index (χ3v) is 10.6. The Morgan fingerprint density at radius 2 is 0.977 bits per heavy atom. The van der Waals surface area contributed by atoms with E-state index in [9.17, 15) is 4.79 Å². The molecule has 4 aliphatic carbocycles. The molecule has 44 heavy (non-hydrogen) atoms. The lowest BCUT2D eigenvalue weighted by atomic mass is 9.76. The van der Waals surface area contributed by atoms with E-state index < -0.39 is 11.2 Å². The number of hydrogen-bond donors (Lipinski definition) is 0. The minimum atomic E-state index is -0.893. The number of halogens is 2. The smallest absolute Gasteiger partial charge is 0.185 e. The van der Waals surface area contributed by atoms with Crippen LogP contribution in [-0.2, 0) is 34.9 Å². The number of hydrogen-bond acceptors (Lipinski definition) is 5. The SMILES string of the molecule is COC1=CC=C(C(=O)C2=CC=C(OC)C(OC3CCCC3)(c3ccc(Br)cc3)C2)CC1(OC1CCCC1)c1ccc(Br)cc1. The van der Waals surface area contributed by atoms with E-state index >= 15 is 0 Å². The van der Waals surface area contributed by atoms with Gasteiger partial charge in [-0.15, -0.1) is 0 Å². The van der Waals surface area contributed by atoms with Crippen molar-refractivity contribution < 1.29 is 23.7 Å². The van der Waals surface area contributed by atoms with Gasteiger partial charge in [-0.1, -0.05) is 94.0 Å². The van der Waals surface area contributed by atoms with E-state index in [1.165, 1.54) is 0 Å². The Balaban J connectivity index is 1.37. The highest BCUT2D eigenvalue weighted by atomic mass is 79.9. The van der Waals surface area contributed by atoms with Crippen LogP contribution in [0.3, 0.4) is 0 Å². The Bertz CT molecular complexity index is 1370. The molecule has 2 saturated carbocycles. The van der Waals surface area contributed by atoms with Gasteiger partial charge in [0.05, 0.1) is 26.4 Å². The lowest BCUT2D eigenvalue weighted by Gasteiger charge is -2.41. The van der Waals surface area contributed by atoms with Crippen LogP contribution in [0.4, 0.5) is 0 Å². The second kappa shape index (κ2) is 13.5. The first-order chi connectivity index (χ1) is 21.4. The van der Waals surface area contributed by atoms with E-state index in [-0.39, 0.29) is 18.0 Å². The summed E-state index contributed by atoms with van der Waals surface area (Å²) in [5.74, 6) is 1.43. The Labute approximate surface area is 277 Å². The average molecular weight is 725 g/mol. The maximum Gasteiger partial charge on any atom is 0.185 e. The lowest BCUT2D eigenvalue weighted by molar-refractivity contribution is -0.120. The topological polar surface area (TPSA) is 54.0 Å². The van der Waals surface area contributed by atoms with Gasteiger partial charge in [-0.2, -0.15) is 0 Å². The summed E-state index contributed by atoms with van der Waals surface area (Å²) in [5, 5.41) is 0. The number of Topliss-reactive ketones (excluding diaryl/α,β-unsaturated/α-hetero) is 1. The third-order valence-electron chi connectivity index (χ3n) is 9.53. The standard InChI is InChI=1S/C37H40Br2O5/c1-41-33-21-11-25(23-36(33,43-31-7-3-4-8-31)27-13-17-29(38)18-14-27)35(40)26-12-22-34(42-2)37(24-26,44-32-9-5-6-10-32)28-15-19-30(39)20-16-28/h11-22,31-32H,3-10,23-24H2,1-2H3. The van der Waals surface area contributed by atoms with Crippen LogP contribution in [0.2, 0.25) is 0 Å². The number of rotatable bonds is 10. The molecule has 2 aromatic carbocycles.